The van der Waals surface area contributed by atoms with E-state index in [-0.39, 0.29) is 19.0 Å². The lowest BCUT2D eigenvalue weighted by Gasteiger charge is -2.16. The van der Waals surface area contributed by atoms with Crippen LogP contribution >= 0.6 is 11.6 Å². The second-order valence-electron chi connectivity index (χ2n) is 3.18. The first kappa shape index (κ1) is 14.8. The third-order valence-corrected chi connectivity index (χ3v) is 3.46. The molecule has 0 atom stereocenters. The maximum absolute atomic E-state index is 11.7. The first-order chi connectivity index (χ1) is 8.47. The molecule has 1 aromatic rings. The lowest BCUT2D eigenvalue weighted by molar-refractivity contribution is 0.136. The number of rotatable bonds is 6. The van der Waals surface area contributed by atoms with Gasteiger partial charge < -0.3 is 9.15 Å². The van der Waals surface area contributed by atoms with E-state index in [2.05, 4.69) is 9.46 Å². The van der Waals surface area contributed by atoms with E-state index >= 15 is 0 Å². The molecule has 0 aliphatic carbocycles. The number of carbonyl (C=O) groups is 1. The van der Waals surface area contributed by atoms with Gasteiger partial charge in [0.25, 0.3) is 0 Å². The molecular formula is C9H13ClN2O5S. The number of ether oxygens (including phenoxy) is 1. The van der Waals surface area contributed by atoms with Gasteiger partial charge in [-0.15, -0.1) is 11.6 Å². The van der Waals surface area contributed by atoms with Crippen molar-refractivity contribution in [3.63, 3.8) is 0 Å². The molecule has 1 amide bonds. The first-order valence-corrected chi connectivity index (χ1v) is 6.93. The normalized spacial score (nSPS) is 11.2. The topological polar surface area (TPSA) is 88.8 Å². The third-order valence-electron chi connectivity index (χ3n) is 1.93. The van der Waals surface area contributed by atoms with E-state index < -0.39 is 16.3 Å². The molecule has 0 bridgehead atoms. The monoisotopic (exact) mass is 296 g/mol. The van der Waals surface area contributed by atoms with Crippen LogP contribution in [0.3, 0.4) is 0 Å². The van der Waals surface area contributed by atoms with Crippen molar-refractivity contribution in [2.45, 2.75) is 6.54 Å². The summed E-state index contributed by atoms with van der Waals surface area (Å²) in [6.45, 7) is -0.110. The van der Waals surface area contributed by atoms with Crippen molar-refractivity contribution in [3.8, 4) is 0 Å². The Morgan fingerprint density at radius 2 is 2.33 bits per heavy atom. The van der Waals surface area contributed by atoms with Gasteiger partial charge in [0.05, 0.1) is 18.7 Å². The maximum atomic E-state index is 11.7. The Labute approximate surface area is 110 Å². The molecule has 7 nitrogen and oxygen atoms in total. The maximum Gasteiger partial charge on any atom is 0.424 e. The number of nitrogens with zero attached hydrogens (tertiary/aromatic N) is 1. The van der Waals surface area contributed by atoms with Gasteiger partial charge in [0, 0.05) is 7.05 Å². The van der Waals surface area contributed by atoms with Crippen LogP contribution in [0, 0.1) is 0 Å². The van der Waals surface area contributed by atoms with Crippen molar-refractivity contribution < 1.29 is 22.4 Å². The van der Waals surface area contributed by atoms with Crippen molar-refractivity contribution in [2.24, 2.45) is 0 Å². The van der Waals surface area contributed by atoms with Crippen LogP contribution in [-0.2, 0) is 21.5 Å². The quantitative estimate of drug-likeness (QED) is 0.789. The second-order valence-corrected chi connectivity index (χ2v) is 5.34. The van der Waals surface area contributed by atoms with E-state index in [9.17, 15) is 13.2 Å². The summed E-state index contributed by atoms with van der Waals surface area (Å²) in [5.41, 5.74) is 0. The summed E-state index contributed by atoms with van der Waals surface area (Å²) >= 11 is 5.32. The Kier molecular flexibility index (Phi) is 5.45. The molecule has 1 heterocycles. The third kappa shape index (κ3) is 4.21. The zero-order chi connectivity index (χ0) is 13.6. The fourth-order valence-corrected chi connectivity index (χ4v) is 1.83. The number of hydrogen-bond acceptors (Lipinski definition) is 5. The molecule has 1 aromatic heterocycles. The molecule has 0 fully saturated rings. The summed E-state index contributed by atoms with van der Waals surface area (Å²) in [5.74, 6) is 0.528. The van der Waals surface area contributed by atoms with Gasteiger partial charge in [0.1, 0.15) is 12.4 Å². The molecule has 1 N–H and O–H groups in total. The SMILES string of the molecule is CN(C(=O)OCCCl)S(=O)(=O)NCc1ccco1. The van der Waals surface area contributed by atoms with Gasteiger partial charge >= 0.3 is 16.3 Å². The van der Waals surface area contributed by atoms with Crippen LogP contribution in [0.5, 0.6) is 0 Å². The zero-order valence-corrected chi connectivity index (χ0v) is 11.2. The number of halogens is 1. The van der Waals surface area contributed by atoms with Crippen molar-refractivity contribution in [1.29, 1.82) is 0 Å². The predicted molar refractivity (Wildman–Crippen MR) is 64.3 cm³/mol. The summed E-state index contributed by atoms with van der Waals surface area (Å²) in [4.78, 5) is 11.3. The molecule has 0 spiro atoms. The van der Waals surface area contributed by atoms with E-state index in [0.29, 0.717) is 10.1 Å². The Morgan fingerprint density at radius 3 is 2.89 bits per heavy atom. The number of carbonyl (C=O) groups excluding carboxylic acids is 1. The van der Waals surface area contributed by atoms with Crippen LogP contribution in [-0.4, -0.2) is 38.4 Å². The molecule has 102 valence electrons. The van der Waals surface area contributed by atoms with Gasteiger partial charge in [-0.1, -0.05) is 0 Å². The summed E-state index contributed by atoms with van der Waals surface area (Å²) in [6.07, 6.45) is 0.421. The van der Waals surface area contributed by atoms with E-state index in [4.69, 9.17) is 16.0 Å². The Morgan fingerprint density at radius 1 is 1.61 bits per heavy atom. The minimum atomic E-state index is -3.96. The highest BCUT2D eigenvalue weighted by Gasteiger charge is 2.24. The Bertz CT molecular complexity index is 473. The predicted octanol–water partition coefficient (Wildman–Crippen LogP) is 0.921. The molecule has 1 rings (SSSR count). The van der Waals surface area contributed by atoms with Gasteiger partial charge in [0.2, 0.25) is 0 Å². The lowest BCUT2D eigenvalue weighted by Crippen LogP contribution is -2.41. The smallest absolute Gasteiger partial charge is 0.424 e. The number of alkyl halides is 1. The van der Waals surface area contributed by atoms with Crippen LogP contribution in [0.25, 0.3) is 0 Å². The lowest BCUT2D eigenvalue weighted by atomic mass is 10.5. The zero-order valence-electron chi connectivity index (χ0n) is 9.63. The van der Waals surface area contributed by atoms with E-state index in [1.807, 2.05) is 0 Å². The van der Waals surface area contributed by atoms with Crippen LogP contribution < -0.4 is 4.72 Å². The largest absolute Gasteiger partial charge is 0.468 e. The van der Waals surface area contributed by atoms with Crippen molar-refractivity contribution >= 4 is 27.9 Å². The molecular weight excluding hydrogens is 284 g/mol. The minimum Gasteiger partial charge on any atom is -0.468 e. The van der Waals surface area contributed by atoms with Crippen LogP contribution in [0.15, 0.2) is 22.8 Å². The van der Waals surface area contributed by atoms with Gasteiger partial charge in [-0.2, -0.15) is 17.4 Å². The molecule has 18 heavy (non-hydrogen) atoms. The van der Waals surface area contributed by atoms with Gasteiger partial charge in [0.15, 0.2) is 0 Å². The highest BCUT2D eigenvalue weighted by Crippen LogP contribution is 2.03. The number of nitrogens with one attached hydrogen (secondary N) is 1. The number of amides is 1. The highest BCUT2D eigenvalue weighted by atomic mass is 35.5. The molecule has 0 aliphatic rings. The molecule has 0 saturated carbocycles. The molecule has 0 aromatic carbocycles. The summed E-state index contributed by atoms with van der Waals surface area (Å²) in [5, 5.41) is 0. The average Bonchev–Trinajstić information content (AvgIpc) is 2.85. The van der Waals surface area contributed by atoms with E-state index in [0.717, 1.165) is 7.05 Å². The van der Waals surface area contributed by atoms with Crippen LogP contribution in [0.4, 0.5) is 4.79 Å². The summed E-state index contributed by atoms with van der Waals surface area (Å²) in [6, 6.07) is 3.23. The second kappa shape index (κ2) is 6.62. The summed E-state index contributed by atoms with van der Waals surface area (Å²) in [7, 11) is -2.88. The Balaban J connectivity index is 2.54. The molecule has 9 heteroatoms. The Hall–Kier alpha value is -1.25. The van der Waals surface area contributed by atoms with Crippen molar-refractivity contribution in [1.82, 2.24) is 9.03 Å². The average molecular weight is 297 g/mol. The minimum absolute atomic E-state index is 0.0531. The fourth-order valence-electron chi connectivity index (χ4n) is 0.987. The van der Waals surface area contributed by atoms with Gasteiger partial charge in [-0.25, -0.2) is 4.79 Å². The first-order valence-electron chi connectivity index (χ1n) is 4.96. The highest BCUT2D eigenvalue weighted by molar-refractivity contribution is 7.87. The van der Waals surface area contributed by atoms with Crippen LogP contribution in [0.2, 0.25) is 0 Å². The van der Waals surface area contributed by atoms with E-state index in [1.54, 1.807) is 12.1 Å². The van der Waals surface area contributed by atoms with E-state index in [1.165, 1.54) is 6.26 Å². The molecule has 0 radical (unpaired) electrons. The van der Waals surface area contributed by atoms with Crippen LogP contribution in [0.1, 0.15) is 5.76 Å². The van der Waals surface area contributed by atoms with Crippen molar-refractivity contribution in [2.75, 3.05) is 19.5 Å². The number of hydrogen-bond donors (Lipinski definition) is 1. The standard InChI is InChI=1S/C9H13ClN2O5S/c1-12(9(13)17-6-4-10)18(14,15)11-7-8-3-2-5-16-8/h2-3,5,11H,4,6-7H2,1H3. The van der Waals surface area contributed by atoms with Crippen molar-refractivity contribution in [3.05, 3.63) is 24.2 Å². The summed E-state index contributed by atoms with van der Waals surface area (Å²) < 4.78 is 35.5. The molecule has 0 unspecified atom stereocenters. The van der Waals surface area contributed by atoms with Gasteiger partial charge in [-0.05, 0) is 12.1 Å². The fraction of sp³-hybridized carbons (Fsp3) is 0.444. The molecule has 0 saturated heterocycles. The molecule has 0 aliphatic heterocycles. The van der Waals surface area contributed by atoms with Gasteiger partial charge in [-0.3, -0.25) is 0 Å². The number of furan rings is 1.